The highest BCUT2D eigenvalue weighted by Gasteiger charge is 2.22. The average molecular weight is 633 g/mol. The third kappa shape index (κ3) is 6.29. The summed E-state index contributed by atoms with van der Waals surface area (Å²) in [5.41, 5.74) is 5.45. The molecule has 10 nitrogen and oxygen atoms in total. The number of nitrogens with one attached hydrogen (secondary N) is 3. The molecule has 14 heteroatoms. The molecule has 0 aliphatic heterocycles. The van der Waals surface area contributed by atoms with Gasteiger partial charge in [-0.3, -0.25) is 29.4 Å². The second-order valence-electron chi connectivity index (χ2n) is 6.89. The first kappa shape index (κ1) is 26.0. The Kier molecular flexibility index (Phi) is 8.57. The van der Waals surface area contributed by atoms with Crippen molar-refractivity contribution >= 4 is 77.7 Å². The molecule has 2 heterocycles. The highest BCUT2D eigenvalue weighted by molar-refractivity contribution is 9.10. The van der Waals surface area contributed by atoms with E-state index in [-0.39, 0.29) is 33.5 Å². The molecular formula is C20H17Br2ClN6O4S. The molecule has 0 spiro atoms. The summed E-state index contributed by atoms with van der Waals surface area (Å²) < 4.78 is 13.4. The number of hydrogen-bond acceptors (Lipinski definition) is 6. The number of halogens is 3. The number of carbonyl (C=O) groups excluding carboxylic acids is 3. The number of anilines is 1. The molecule has 1 unspecified atom stereocenters. The SMILES string of the molecule is Cc1cc(Br)cc(C(=O)NNC(=O)CS(C)=O)c1NC(=O)c1cc(Br)nn1-c1ncccc1Cl. The first-order chi connectivity index (χ1) is 16.1. The topological polar surface area (TPSA) is 135 Å². The van der Waals surface area contributed by atoms with Crippen LogP contribution in [0, 0.1) is 6.92 Å². The van der Waals surface area contributed by atoms with Gasteiger partial charge in [0.05, 0.1) is 16.3 Å². The molecule has 0 saturated carbocycles. The molecule has 0 bridgehead atoms. The van der Waals surface area contributed by atoms with Crippen LogP contribution in [0.15, 0.2) is 45.6 Å². The number of carbonyl (C=O) groups is 3. The van der Waals surface area contributed by atoms with Crippen molar-refractivity contribution in [1.82, 2.24) is 25.6 Å². The summed E-state index contributed by atoms with van der Waals surface area (Å²) in [7, 11) is -1.37. The minimum absolute atomic E-state index is 0.0825. The summed E-state index contributed by atoms with van der Waals surface area (Å²) in [4.78, 5) is 41.9. The predicted molar refractivity (Wildman–Crippen MR) is 135 cm³/mol. The Morgan fingerprint density at radius 3 is 2.56 bits per heavy atom. The van der Waals surface area contributed by atoms with Crippen LogP contribution in [0.1, 0.15) is 26.4 Å². The van der Waals surface area contributed by atoms with Crippen molar-refractivity contribution in [2.24, 2.45) is 0 Å². The van der Waals surface area contributed by atoms with Gasteiger partial charge in [0, 0.05) is 33.8 Å². The fourth-order valence-electron chi connectivity index (χ4n) is 2.89. The van der Waals surface area contributed by atoms with E-state index in [4.69, 9.17) is 11.6 Å². The monoisotopic (exact) mass is 630 g/mol. The lowest BCUT2D eigenvalue weighted by atomic mass is 10.1. The van der Waals surface area contributed by atoms with Crippen molar-refractivity contribution in [3.05, 3.63) is 67.4 Å². The Morgan fingerprint density at radius 1 is 1.15 bits per heavy atom. The van der Waals surface area contributed by atoms with E-state index in [0.717, 1.165) is 0 Å². The number of aromatic nitrogens is 3. The van der Waals surface area contributed by atoms with Gasteiger partial charge < -0.3 is 5.32 Å². The molecule has 3 rings (SSSR count). The van der Waals surface area contributed by atoms with Gasteiger partial charge in [-0.1, -0.05) is 27.5 Å². The van der Waals surface area contributed by atoms with Crippen LogP contribution in [0.25, 0.3) is 5.82 Å². The van der Waals surface area contributed by atoms with Crippen LogP contribution in [0.4, 0.5) is 5.69 Å². The van der Waals surface area contributed by atoms with Gasteiger partial charge in [-0.25, -0.2) is 9.67 Å². The van der Waals surface area contributed by atoms with Gasteiger partial charge in [0.1, 0.15) is 16.0 Å². The van der Waals surface area contributed by atoms with Crippen LogP contribution in [0.3, 0.4) is 0 Å². The number of nitrogens with zero attached hydrogens (tertiary/aromatic N) is 3. The first-order valence-electron chi connectivity index (χ1n) is 9.44. The van der Waals surface area contributed by atoms with Gasteiger partial charge in [-0.05, 0) is 52.7 Å². The van der Waals surface area contributed by atoms with E-state index in [9.17, 15) is 18.6 Å². The molecule has 2 aromatic heterocycles. The van der Waals surface area contributed by atoms with Crippen molar-refractivity contribution in [2.45, 2.75) is 6.92 Å². The highest BCUT2D eigenvalue weighted by atomic mass is 79.9. The van der Waals surface area contributed by atoms with E-state index in [1.165, 1.54) is 29.3 Å². The molecule has 3 N–H and O–H groups in total. The third-order valence-corrected chi connectivity index (χ3v) is 6.09. The summed E-state index contributed by atoms with van der Waals surface area (Å²) in [6.07, 6.45) is 2.89. The Bertz CT molecular complexity index is 1320. The van der Waals surface area contributed by atoms with Crippen molar-refractivity contribution in [3.63, 3.8) is 0 Å². The van der Waals surface area contributed by atoms with E-state index < -0.39 is 28.5 Å². The lowest BCUT2D eigenvalue weighted by Gasteiger charge is -2.15. The minimum atomic E-state index is -1.37. The summed E-state index contributed by atoms with van der Waals surface area (Å²) in [5.74, 6) is -1.90. The zero-order valence-electron chi connectivity index (χ0n) is 17.7. The molecule has 34 heavy (non-hydrogen) atoms. The van der Waals surface area contributed by atoms with Crippen LogP contribution < -0.4 is 16.2 Å². The number of benzene rings is 1. The number of aryl methyl sites for hydroxylation is 1. The molecule has 178 valence electrons. The van der Waals surface area contributed by atoms with E-state index in [2.05, 4.69) is 58.1 Å². The fourth-order valence-corrected chi connectivity index (χ4v) is 4.48. The van der Waals surface area contributed by atoms with E-state index in [1.807, 2.05) is 0 Å². The normalized spacial score (nSPS) is 11.6. The molecule has 1 atom stereocenters. The first-order valence-corrected chi connectivity index (χ1v) is 13.1. The molecule has 1 aromatic carbocycles. The largest absolute Gasteiger partial charge is 0.320 e. The zero-order valence-corrected chi connectivity index (χ0v) is 22.4. The highest BCUT2D eigenvalue weighted by Crippen LogP contribution is 2.28. The van der Waals surface area contributed by atoms with Gasteiger partial charge >= 0.3 is 0 Å². The van der Waals surface area contributed by atoms with Crippen molar-refractivity contribution in [2.75, 3.05) is 17.3 Å². The van der Waals surface area contributed by atoms with Crippen LogP contribution in [-0.2, 0) is 15.6 Å². The molecule has 0 aliphatic carbocycles. The molecule has 0 saturated heterocycles. The second-order valence-corrected chi connectivity index (χ2v) is 10.5. The predicted octanol–water partition coefficient (Wildman–Crippen LogP) is 3.15. The Balaban J connectivity index is 1.92. The summed E-state index contributed by atoms with van der Waals surface area (Å²) in [6, 6.07) is 7.96. The Hall–Kier alpha value is -2.61. The third-order valence-electron chi connectivity index (χ3n) is 4.29. The van der Waals surface area contributed by atoms with Crippen molar-refractivity contribution in [1.29, 1.82) is 0 Å². The maximum atomic E-state index is 13.2. The van der Waals surface area contributed by atoms with E-state index >= 15 is 0 Å². The van der Waals surface area contributed by atoms with E-state index in [1.54, 1.807) is 25.1 Å². The maximum Gasteiger partial charge on any atom is 0.274 e. The number of rotatable bonds is 6. The van der Waals surface area contributed by atoms with Crippen LogP contribution in [0.2, 0.25) is 5.02 Å². The maximum absolute atomic E-state index is 13.2. The van der Waals surface area contributed by atoms with Crippen molar-refractivity contribution in [3.8, 4) is 5.82 Å². The molecule has 3 amide bonds. The van der Waals surface area contributed by atoms with Gasteiger partial charge in [-0.15, -0.1) is 0 Å². The molecule has 3 aromatic rings. The fraction of sp³-hybridized carbons (Fsp3) is 0.150. The summed E-state index contributed by atoms with van der Waals surface area (Å²) >= 11 is 12.8. The quantitative estimate of drug-likeness (QED) is 0.358. The van der Waals surface area contributed by atoms with Crippen molar-refractivity contribution < 1.29 is 18.6 Å². The lowest BCUT2D eigenvalue weighted by Crippen LogP contribution is -2.43. The van der Waals surface area contributed by atoms with Gasteiger partial charge in [0.25, 0.3) is 17.7 Å². The summed E-state index contributed by atoms with van der Waals surface area (Å²) in [5, 5.41) is 7.26. The molecule has 0 aliphatic rings. The van der Waals surface area contributed by atoms with Crippen LogP contribution in [-0.4, -0.2) is 48.7 Å². The minimum Gasteiger partial charge on any atom is -0.320 e. The molecule has 0 fully saturated rings. The van der Waals surface area contributed by atoms with E-state index in [0.29, 0.717) is 14.6 Å². The van der Waals surface area contributed by atoms with Gasteiger partial charge in [0.15, 0.2) is 5.82 Å². The summed E-state index contributed by atoms with van der Waals surface area (Å²) in [6.45, 7) is 1.71. The Labute approximate surface area is 218 Å². The smallest absolute Gasteiger partial charge is 0.274 e. The second kappa shape index (κ2) is 11.2. The Morgan fingerprint density at radius 2 is 1.88 bits per heavy atom. The van der Waals surface area contributed by atoms with Crippen LogP contribution in [0.5, 0.6) is 0 Å². The van der Waals surface area contributed by atoms with Gasteiger partial charge in [-0.2, -0.15) is 5.10 Å². The number of amides is 3. The number of hydrogen-bond donors (Lipinski definition) is 3. The molecule has 0 radical (unpaired) electrons. The number of pyridine rings is 1. The lowest BCUT2D eigenvalue weighted by molar-refractivity contribution is -0.119. The number of hydrazine groups is 1. The van der Waals surface area contributed by atoms with Crippen LogP contribution >= 0.6 is 43.5 Å². The van der Waals surface area contributed by atoms with Gasteiger partial charge in [0.2, 0.25) is 0 Å². The zero-order chi connectivity index (χ0) is 25.0. The molecular weight excluding hydrogens is 616 g/mol. The average Bonchev–Trinajstić information content (AvgIpc) is 3.15. The standard InChI is InChI=1S/C20H17Br2ClN6O4S/c1-10-6-11(21)7-12(19(31)27-26-16(30)9-34(2)33)17(10)25-20(32)14-8-15(22)28-29(14)18-13(23)4-3-5-24-18/h3-8H,9H2,1-2H3,(H,25,32)(H,26,30)(H,27,31).